The van der Waals surface area contributed by atoms with Gasteiger partial charge in [-0.2, -0.15) is 0 Å². The van der Waals surface area contributed by atoms with E-state index >= 15 is 0 Å². The Morgan fingerprint density at radius 2 is 2.15 bits per heavy atom. The molecule has 4 nitrogen and oxygen atoms in total. The lowest BCUT2D eigenvalue weighted by Crippen LogP contribution is -2.37. The number of nitrogens with zero attached hydrogens (tertiary/aromatic N) is 1. The first-order valence-corrected chi connectivity index (χ1v) is 8.54. The molecule has 2 rings (SSSR count). The molecular weight excluding hydrogens is 279 g/mol. The molecule has 1 saturated heterocycles. The van der Waals surface area contributed by atoms with Gasteiger partial charge in [0.2, 0.25) is 10.0 Å². The van der Waals surface area contributed by atoms with Crippen LogP contribution in [0.3, 0.4) is 0 Å². The third-order valence-electron chi connectivity index (χ3n) is 3.54. The summed E-state index contributed by atoms with van der Waals surface area (Å²) in [6.07, 6.45) is 1.31. The van der Waals surface area contributed by atoms with Crippen LogP contribution in [-0.2, 0) is 16.4 Å². The van der Waals surface area contributed by atoms with Crippen molar-refractivity contribution in [1.82, 2.24) is 9.62 Å². The summed E-state index contributed by atoms with van der Waals surface area (Å²) in [6, 6.07) is 6.84. The molecule has 0 saturated carbocycles. The van der Waals surface area contributed by atoms with Crippen molar-refractivity contribution in [3.8, 4) is 0 Å². The van der Waals surface area contributed by atoms with Gasteiger partial charge in [0.05, 0.1) is 5.75 Å². The van der Waals surface area contributed by atoms with Crippen LogP contribution in [-0.4, -0.2) is 44.2 Å². The number of nitrogens with one attached hydrogen (secondary N) is 1. The van der Waals surface area contributed by atoms with Crippen molar-refractivity contribution in [3.05, 3.63) is 35.6 Å². The monoisotopic (exact) mass is 300 g/mol. The molecule has 1 aliphatic rings. The highest BCUT2D eigenvalue weighted by Gasteiger charge is 2.27. The number of halogens is 1. The predicted octanol–water partition coefficient (Wildman–Crippen LogP) is 1.38. The van der Waals surface area contributed by atoms with Crippen LogP contribution in [0.5, 0.6) is 0 Å². The van der Waals surface area contributed by atoms with Crippen molar-refractivity contribution in [2.75, 3.05) is 25.4 Å². The summed E-state index contributed by atoms with van der Waals surface area (Å²) in [6.45, 7) is 3.68. The Morgan fingerprint density at radius 1 is 1.40 bits per heavy atom. The Balaban J connectivity index is 1.76. The van der Waals surface area contributed by atoms with Crippen molar-refractivity contribution in [2.24, 2.45) is 0 Å². The SMILES string of the molecule is C[C@H](Cc1ccccc1F)NCCN1CCCS1(=O)=O. The Labute approximate surface area is 120 Å². The third-order valence-corrected chi connectivity index (χ3v) is 5.50. The van der Waals surface area contributed by atoms with E-state index in [1.54, 1.807) is 12.1 Å². The molecule has 0 amide bonds. The van der Waals surface area contributed by atoms with Crippen LogP contribution in [0, 0.1) is 5.82 Å². The van der Waals surface area contributed by atoms with E-state index in [9.17, 15) is 12.8 Å². The molecule has 1 aliphatic heterocycles. The van der Waals surface area contributed by atoms with E-state index in [1.165, 1.54) is 10.4 Å². The Bertz CT molecular complexity index is 548. The second-order valence-corrected chi connectivity index (χ2v) is 7.31. The van der Waals surface area contributed by atoms with Gasteiger partial charge in [-0.15, -0.1) is 0 Å². The Hall–Kier alpha value is -0.980. The molecule has 1 aromatic rings. The summed E-state index contributed by atoms with van der Waals surface area (Å²) in [7, 11) is -3.02. The molecule has 1 atom stereocenters. The van der Waals surface area contributed by atoms with E-state index in [0.29, 0.717) is 38.0 Å². The van der Waals surface area contributed by atoms with Gasteiger partial charge < -0.3 is 5.32 Å². The van der Waals surface area contributed by atoms with Gasteiger partial charge in [0.25, 0.3) is 0 Å². The molecule has 0 unspecified atom stereocenters. The van der Waals surface area contributed by atoms with Crippen molar-refractivity contribution in [1.29, 1.82) is 0 Å². The van der Waals surface area contributed by atoms with Crippen LogP contribution >= 0.6 is 0 Å². The summed E-state index contributed by atoms with van der Waals surface area (Å²) in [4.78, 5) is 0. The zero-order valence-corrected chi connectivity index (χ0v) is 12.5. The van der Waals surface area contributed by atoms with Crippen LogP contribution in [0.25, 0.3) is 0 Å². The van der Waals surface area contributed by atoms with E-state index in [2.05, 4.69) is 5.32 Å². The molecule has 112 valence electrons. The Morgan fingerprint density at radius 3 is 2.80 bits per heavy atom. The highest BCUT2D eigenvalue weighted by Crippen LogP contribution is 2.12. The minimum Gasteiger partial charge on any atom is -0.313 e. The van der Waals surface area contributed by atoms with Gasteiger partial charge in [-0.25, -0.2) is 17.1 Å². The lowest BCUT2D eigenvalue weighted by molar-refractivity contribution is 0.417. The first kappa shape index (κ1) is 15.4. The average Bonchev–Trinajstić information content (AvgIpc) is 2.72. The quantitative estimate of drug-likeness (QED) is 0.863. The molecule has 1 fully saturated rings. The highest BCUT2D eigenvalue weighted by atomic mass is 32.2. The van der Waals surface area contributed by atoms with Crippen molar-refractivity contribution < 1.29 is 12.8 Å². The summed E-state index contributed by atoms with van der Waals surface area (Å²) >= 11 is 0. The first-order chi connectivity index (χ1) is 9.49. The molecule has 1 N–H and O–H groups in total. The zero-order chi connectivity index (χ0) is 14.6. The van der Waals surface area contributed by atoms with E-state index in [4.69, 9.17) is 0 Å². The normalized spacial score (nSPS) is 20.1. The van der Waals surface area contributed by atoms with E-state index < -0.39 is 10.0 Å². The van der Waals surface area contributed by atoms with E-state index in [-0.39, 0.29) is 17.6 Å². The second kappa shape index (κ2) is 6.65. The lowest BCUT2D eigenvalue weighted by Gasteiger charge is -2.18. The van der Waals surface area contributed by atoms with Gasteiger partial charge in [-0.3, -0.25) is 0 Å². The van der Waals surface area contributed by atoms with Gasteiger partial charge in [0.15, 0.2) is 0 Å². The number of hydrogen-bond donors (Lipinski definition) is 1. The number of benzene rings is 1. The standard InChI is InChI=1S/C14H21FN2O2S/c1-12(11-13-5-2-3-6-14(13)15)16-7-9-17-8-4-10-20(17,18)19/h2-3,5-6,12,16H,4,7-11H2,1H3/t12-/m1/s1. The first-order valence-electron chi connectivity index (χ1n) is 6.93. The molecule has 1 heterocycles. The number of sulfonamides is 1. The molecule has 0 aromatic heterocycles. The van der Waals surface area contributed by atoms with Crippen molar-refractivity contribution in [3.63, 3.8) is 0 Å². The van der Waals surface area contributed by atoms with Gasteiger partial charge >= 0.3 is 0 Å². The molecular formula is C14H21FN2O2S. The predicted molar refractivity (Wildman–Crippen MR) is 77.5 cm³/mol. The smallest absolute Gasteiger partial charge is 0.214 e. The van der Waals surface area contributed by atoms with Gasteiger partial charge in [-0.05, 0) is 31.4 Å². The summed E-state index contributed by atoms with van der Waals surface area (Å²) in [5, 5.41) is 3.25. The maximum atomic E-state index is 13.5. The molecule has 0 bridgehead atoms. The number of rotatable bonds is 6. The second-order valence-electron chi connectivity index (χ2n) is 5.22. The fourth-order valence-corrected chi connectivity index (χ4v) is 3.97. The van der Waals surface area contributed by atoms with Crippen LogP contribution < -0.4 is 5.32 Å². The van der Waals surface area contributed by atoms with Crippen LogP contribution in [0.2, 0.25) is 0 Å². The fraction of sp³-hybridized carbons (Fsp3) is 0.571. The van der Waals surface area contributed by atoms with Crippen LogP contribution in [0.4, 0.5) is 4.39 Å². The van der Waals surface area contributed by atoms with Gasteiger partial charge in [-0.1, -0.05) is 18.2 Å². The van der Waals surface area contributed by atoms with Gasteiger partial charge in [0.1, 0.15) is 5.82 Å². The summed E-state index contributed by atoms with van der Waals surface area (Å²) in [5.74, 6) is 0.0703. The van der Waals surface area contributed by atoms with Crippen molar-refractivity contribution in [2.45, 2.75) is 25.8 Å². The molecule has 0 radical (unpaired) electrons. The van der Waals surface area contributed by atoms with Crippen LogP contribution in [0.15, 0.2) is 24.3 Å². The molecule has 0 spiro atoms. The molecule has 20 heavy (non-hydrogen) atoms. The molecule has 6 heteroatoms. The van der Waals surface area contributed by atoms with Crippen LogP contribution in [0.1, 0.15) is 18.9 Å². The van der Waals surface area contributed by atoms with E-state index in [1.807, 2.05) is 13.0 Å². The molecule has 1 aromatic carbocycles. The van der Waals surface area contributed by atoms with Crippen molar-refractivity contribution >= 4 is 10.0 Å². The fourth-order valence-electron chi connectivity index (χ4n) is 2.44. The lowest BCUT2D eigenvalue weighted by atomic mass is 10.1. The Kier molecular flexibility index (Phi) is 5.12. The van der Waals surface area contributed by atoms with E-state index in [0.717, 1.165) is 0 Å². The average molecular weight is 300 g/mol. The largest absolute Gasteiger partial charge is 0.313 e. The maximum absolute atomic E-state index is 13.5. The summed E-state index contributed by atoms with van der Waals surface area (Å²) in [5.41, 5.74) is 0.682. The third kappa shape index (κ3) is 4.01. The highest BCUT2D eigenvalue weighted by molar-refractivity contribution is 7.89. The van der Waals surface area contributed by atoms with Gasteiger partial charge in [0, 0.05) is 25.7 Å². The number of hydrogen-bond acceptors (Lipinski definition) is 3. The maximum Gasteiger partial charge on any atom is 0.214 e. The molecule has 0 aliphatic carbocycles. The topological polar surface area (TPSA) is 49.4 Å². The zero-order valence-electron chi connectivity index (χ0n) is 11.7. The minimum atomic E-state index is -3.02. The minimum absolute atomic E-state index is 0.109. The summed E-state index contributed by atoms with van der Waals surface area (Å²) < 4.78 is 38.3.